The van der Waals surface area contributed by atoms with Gasteiger partial charge in [-0.25, -0.2) is 13.2 Å². The van der Waals surface area contributed by atoms with Gasteiger partial charge in [0.25, 0.3) is 11.8 Å². The highest BCUT2D eigenvalue weighted by Crippen LogP contribution is 2.30. The van der Waals surface area contributed by atoms with Gasteiger partial charge in [-0.1, -0.05) is 26.0 Å². The Morgan fingerprint density at radius 3 is 2.41 bits per heavy atom. The number of aromatic nitrogens is 3. The van der Waals surface area contributed by atoms with Crippen LogP contribution in [-0.4, -0.2) is 38.5 Å². The van der Waals surface area contributed by atoms with E-state index in [1.165, 1.54) is 23.0 Å². The zero-order chi connectivity index (χ0) is 31.5. The van der Waals surface area contributed by atoms with Gasteiger partial charge in [0.15, 0.2) is 0 Å². The van der Waals surface area contributed by atoms with E-state index in [4.69, 9.17) is 5.73 Å². The van der Waals surface area contributed by atoms with E-state index in [-0.39, 0.29) is 47.7 Å². The van der Waals surface area contributed by atoms with Crippen molar-refractivity contribution in [2.45, 2.75) is 57.7 Å². The van der Waals surface area contributed by atoms with Crippen molar-refractivity contribution in [2.75, 3.05) is 0 Å². The summed E-state index contributed by atoms with van der Waals surface area (Å²) in [6.07, 6.45) is 3.26. The van der Waals surface area contributed by atoms with Crippen molar-refractivity contribution in [3.05, 3.63) is 106 Å². The van der Waals surface area contributed by atoms with Crippen LogP contribution in [-0.2, 0) is 17.8 Å². The second kappa shape index (κ2) is 12.7. The van der Waals surface area contributed by atoms with Crippen molar-refractivity contribution in [1.29, 1.82) is 0 Å². The van der Waals surface area contributed by atoms with Gasteiger partial charge in [-0.2, -0.15) is 5.10 Å². The van der Waals surface area contributed by atoms with E-state index in [0.29, 0.717) is 22.5 Å². The average molecular weight is 605 g/mol. The highest BCUT2D eigenvalue weighted by Gasteiger charge is 2.27. The third kappa shape index (κ3) is 7.13. The standard InChI is InChI=1S/C32H31F3N6O3/c1-17(2)28-15-27(32(44)38-22-6-7-22)40-41(28)16-29(42)39-26(12-18-10-20(33)14-21(34)11-18)30-23(4-3-9-37-30)19-5-8-25(35)24(13-19)31(36)43/h3-5,8-11,13-15,17,22,26H,6-7,12,16H2,1-2H3,(H2,36,43)(H,38,44)(H,39,42). The Labute approximate surface area is 251 Å². The molecule has 0 aliphatic heterocycles. The van der Waals surface area contributed by atoms with Gasteiger partial charge in [0.1, 0.15) is 29.7 Å². The van der Waals surface area contributed by atoms with Crippen LogP contribution in [0.2, 0.25) is 0 Å². The second-order valence-corrected chi connectivity index (χ2v) is 11.1. The van der Waals surface area contributed by atoms with Crippen LogP contribution in [0, 0.1) is 17.5 Å². The van der Waals surface area contributed by atoms with Gasteiger partial charge in [-0.3, -0.25) is 24.0 Å². The molecule has 0 spiro atoms. The fraction of sp³-hybridized carbons (Fsp3) is 0.281. The van der Waals surface area contributed by atoms with Gasteiger partial charge in [0, 0.05) is 29.6 Å². The first-order chi connectivity index (χ1) is 21.0. The Bertz CT molecular complexity index is 1710. The molecule has 2 aromatic heterocycles. The predicted octanol–water partition coefficient (Wildman–Crippen LogP) is 4.58. The number of carbonyl (C=O) groups excluding carboxylic acids is 3. The van der Waals surface area contributed by atoms with Crippen LogP contribution in [0.25, 0.3) is 11.1 Å². The Morgan fingerprint density at radius 1 is 1.02 bits per heavy atom. The fourth-order valence-corrected chi connectivity index (χ4v) is 5.00. The maximum absolute atomic E-state index is 14.3. The molecule has 1 unspecified atom stereocenters. The van der Waals surface area contributed by atoms with Gasteiger partial charge >= 0.3 is 0 Å². The topological polar surface area (TPSA) is 132 Å². The number of carbonyl (C=O) groups is 3. The molecule has 5 rings (SSSR count). The van der Waals surface area contributed by atoms with Crippen LogP contribution in [0.3, 0.4) is 0 Å². The molecule has 228 valence electrons. The van der Waals surface area contributed by atoms with E-state index in [9.17, 15) is 27.6 Å². The van der Waals surface area contributed by atoms with Crippen LogP contribution in [0.5, 0.6) is 0 Å². The minimum atomic E-state index is -0.958. The molecule has 0 radical (unpaired) electrons. The first kappa shape index (κ1) is 30.5. The van der Waals surface area contributed by atoms with Gasteiger partial charge < -0.3 is 16.4 Å². The molecule has 3 amide bonds. The summed E-state index contributed by atoms with van der Waals surface area (Å²) in [7, 11) is 0. The lowest BCUT2D eigenvalue weighted by atomic mass is 9.94. The van der Waals surface area contributed by atoms with Crippen LogP contribution < -0.4 is 16.4 Å². The van der Waals surface area contributed by atoms with E-state index in [0.717, 1.165) is 37.1 Å². The second-order valence-electron chi connectivity index (χ2n) is 11.1. The van der Waals surface area contributed by atoms with Crippen molar-refractivity contribution >= 4 is 17.7 Å². The number of halogens is 3. The summed E-state index contributed by atoms with van der Waals surface area (Å²) in [6, 6.07) is 11.1. The Morgan fingerprint density at radius 2 is 1.75 bits per heavy atom. The van der Waals surface area contributed by atoms with Crippen LogP contribution in [0.4, 0.5) is 13.2 Å². The maximum atomic E-state index is 14.3. The quantitative estimate of drug-likeness (QED) is 0.231. The minimum Gasteiger partial charge on any atom is -0.366 e. The number of hydrogen-bond acceptors (Lipinski definition) is 5. The summed E-state index contributed by atoms with van der Waals surface area (Å²) in [5.41, 5.74) is 7.30. The van der Waals surface area contributed by atoms with Crippen LogP contribution >= 0.6 is 0 Å². The van der Waals surface area contributed by atoms with E-state index in [2.05, 4.69) is 20.7 Å². The fourth-order valence-electron chi connectivity index (χ4n) is 5.00. The highest BCUT2D eigenvalue weighted by atomic mass is 19.1. The normalized spacial score (nSPS) is 13.5. The lowest BCUT2D eigenvalue weighted by Gasteiger charge is -2.22. The predicted molar refractivity (Wildman–Crippen MR) is 156 cm³/mol. The number of nitrogens with two attached hydrogens (primary N) is 1. The molecule has 44 heavy (non-hydrogen) atoms. The van der Waals surface area contributed by atoms with Gasteiger partial charge in [-0.05, 0) is 72.7 Å². The summed E-state index contributed by atoms with van der Waals surface area (Å²) >= 11 is 0. The Balaban J connectivity index is 1.49. The number of amides is 3. The SMILES string of the molecule is CC(C)c1cc(C(=O)NC2CC2)nn1CC(=O)NC(Cc1cc(F)cc(F)c1)c1ncccc1-c1ccc(F)c(C(N)=O)c1. The van der Waals surface area contributed by atoms with E-state index in [1.54, 1.807) is 18.2 Å². The third-order valence-electron chi connectivity index (χ3n) is 7.25. The number of nitrogens with zero attached hydrogens (tertiary/aromatic N) is 3. The molecule has 4 aromatic rings. The molecule has 2 heterocycles. The largest absolute Gasteiger partial charge is 0.366 e. The summed E-state index contributed by atoms with van der Waals surface area (Å²) < 4.78 is 44.0. The number of benzene rings is 2. The summed E-state index contributed by atoms with van der Waals surface area (Å²) in [5, 5.41) is 10.2. The lowest BCUT2D eigenvalue weighted by Crippen LogP contribution is -2.34. The number of pyridine rings is 1. The van der Waals surface area contributed by atoms with Crippen molar-refractivity contribution < 1.29 is 27.6 Å². The highest BCUT2D eigenvalue weighted by molar-refractivity contribution is 5.94. The molecule has 9 nitrogen and oxygen atoms in total. The van der Waals surface area contributed by atoms with Crippen LogP contribution in [0.15, 0.2) is 60.8 Å². The molecule has 1 saturated carbocycles. The molecule has 1 aliphatic rings. The monoisotopic (exact) mass is 604 g/mol. The van der Waals surface area contributed by atoms with Gasteiger partial charge in [0.2, 0.25) is 5.91 Å². The molecule has 12 heteroatoms. The Kier molecular flexibility index (Phi) is 8.79. The first-order valence-corrected chi connectivity index (χ1v) is 14.2. The molecule has 1 aliphatic carbocycles. The molecule has 0 saturated heterocycles. The molecule has 2 aromatic carbocycles. The van der Waals surface area contributed by atoms with Crippen molar-refractivity contribution in [3.63, 3.8) is 0 Å². The number of primary amides is 1. The molecule has 1 atom stereocenters. The number of nitrogens with one attached hydrogen (secondary N) is 2. The van der Waals surface area contributed by atoms with Gasteiger partial charge in [0.05, 0.1) is 17.3 Å². The minimum absolute atomic E-state index is 0.0517. The summed E-state index contributed by atoms with van der Waals surface area (Å²) in [4.78, 5) is 42.5. The van der Waals surface area contributed by atoms with E-state index >= 15 is 0 Å². The molecular formula is C32H31F3N6O3. The third-order valence-corrected chi connectivity index (χ3v) is 7.25. The average Bonchev–Trinajstić information content (AvgIpc) is 3.67. The van der Waals surface area contributed by atoms with Gasteiger partial charge in [-0.15, -0.1) is 0 Å². The number of rotatable bonds is 11. The van der Waals surface area contributed by atoms with Crippen molar-refractivity contribution in [2.24, 2.45) is 5.73 Å². The lowest BCUT2D eigenvalue weighted by molar-refractivity contribution is -0.122. The molecule has 4 N–H and O–H groups in total. The molecule has 1 fully saturated rings. The Hall–Kier alpha value is -5.00. The maximum Gasteiger partial charge on any atom is 0.272 e. The summed E-state index contributed by atoms with van der Waals surface area (Å²) in [5.74, 6) is -4.19. The molecule has 0 bridgehead atoms. The van der Waals surface area contributed by atoms with Crippen molar-refractivity contribution in [1.82, 2.24) is 25.4 Å². The first-order valence-electron chi connectivity index (χ1n) is 14.2. The zero-order valence-electron chi connectivity index (χ0n) is 24.1. The van der Waals surface area contributed by atoms with Crippen LogP contribution in [0.1, 0.15) is 76.4 Å². The zero-order valence-corrected chi connectivity index (χ0v) is 24.1. The molecular weight excluding hydrogens is 573 g/mol. The summed E-state index contributed by atoms with van der Waals surface area (Å²) in [6.45, 7) is 3.58. The number of hydrogen-bond donors (Lipinski definition) is 3. The van der Waals surface area contributed by atoms with E-state index < -0.39 is 35.3 Å². The van der Waals surface area contributed by atoms with Crippen molar-refractivity contribution in [3.8, 4) is 11.1 Å². The van der Waals surface area contributed by atoms with E-state index in [1.807, 2.05) is 13.8 Å². The smallest absolute Gasteiger partial charge is 0.272 e.